The molecule has 0 heterocycles. The molecule has 1 N–H and O–H groups in total. The molecule has 23 heavy (non-hydrogen) atoms. The number of ether oxygens (including phenoxy) is 1. The fourth-order valence-electron chi connectivity index (χ4n) is 2.69. The van der Waals surface area contributed by atoms with Crippen molar-refractivity contribution in [2.75, 3.05) is 6.61 Å². The topological polar surface area (TPSA) is 55.4 Å². The molecule has 1 aliphatic rings. The zero-order valence-electron chi connectivity index (χ0n) is 13.5. The fraction of sp³-hybridized carbons (Fsp3) is 0.368. The Bertz CT molecular complexity index is 749. The first-order valence-corrected chi connectivity index (χ1v) is 8.00. The standard InChI is InChI=1S/C19H21NO3/c1-12(14-3-4-14)20-19(22)11-23-18-8-7-16-9-15(13(2)21)5-6-17(16)10-18/h5-10,12,14H,3-4,11H2,1-2H3,(H,20,22)/t12-/m0/s1. The minimum absolute atomic E-state index is 0.0219. The summed E-state index contributed by atoms with van der Waals surface area (Å²) < 4.78 is 5.58. The maximum absolute atomic E-state index is 11.9. The van der Waals surface area contributed by atoms with Gasteiger partial charge in [-0.05, 0) is 61.6 Å². The SMILES string of the molecule is CC(=O)c1ccc2cc(OCC(=O)N[C@@H](C)C3CC3)ccc2c1. The van der Waals surface area contributed by atoms with E-state index in [-0.39, 0.29) is 24.3 Å². The van der Waals surface area contributed by atoms with Crippen molar-refractivity contribution < 1.29 is 14.3 Å². The van der Waals surface area contributed by atoms with Crippen molar-refractivity contribution in [3.05, 3.63) is 42.0 Å². The molecule has 0 aromatic heterocycles. The van der Waals surface area contributed by atoms with Crippen LogP contribution in [0.15, 0.2) is 36.4 Å². The highest BCUT2D eigenvalue weighted by atomic mass is 16.5. The van der Waals surface area contributed by atoms with Gasteiger partial charge >= 0.3 is 0 Å². The predicted molar refractivity (Wildman–Crippen MR) is 89.8 cm³/mol. The van der Waals surface area contributed by atoms with E-state index in [4.69, 9.17) is 4.74 Å². The van der Waals surface area contributed by atoms with Crippen molar-refractivity contribution in [2.45, 2.75) is 32.7 Å². The molecular weight excluding hydrogens is 290 g/mol. The Labute approximate surface area is 135 Å². The largest absolute Gasteiger partial charge is 0.484 e. The van der Waals surface area contributed by atoms with Crippen molar-refractivity contribution >= 4 is 22.5 Å². The van der Waals surface area contributed by atoms with E-state index in [1.165, 1.54) is 12.8 Å². The Morgan fingerprint density at radius 2 is 1.87 bits per heavy atom. The quantitative estimate of drug-likeness (QED) is 0.833. The molecule has 0 unspecified atom stereocenters. The Morgan fingerprint density at radius 3 is 2.57 bits per heavy atom. The van der Waals surface area contributed by atoms with Crippen LogP contribution < -0.4 is 10.1 Å². The van der Waals surface area contributed by atoms with E-state index in [0.29, 0.717) is 17.2 Å². The van der Waals surface area contributed by atoms with Crippen LogP contribution in [0.2, 0.25) is 0 Å². The van der Waals surface area contributed by atoms with Crippen LogP contribution in [-0.4, -0.2) is 24.3 Å². The van der Waals surface area contributed by atoms with E-state index in [0.717, 1.165) is 10.8 Å². The third kappa shape index (κ3) is 3.89. The van der Waals surface area contributed by atoms with Crippen LogP contribution in [0, 0.1) is 5.92 Å². The number of benzene rings is 2. The minimum atomic E-state index is -0.0866. The summed E-state index contributed by atoms with van der Waals surface area (Å²) in [4.78, 5) is 23.3. The van der Waals surface area contributed by atoms with E-state index >= 15 is 0 Å². The summed E-state index contributed by atoms with van der Waals surface area (Å²) in [6.07, 6.45) is 2.41. The van der Waals surface area contributed by atoms with E-state index in [1.807, 2.05) is 37.3 Å². The number of hydrogen-bond acceptors (Lipinski definition) is 3. The molecule has 1 fully saturated rings. The van der Waals surface area contributed by atoms with Crippen LogP contribution in [-0.2, 0) is 4.79 Å². The smallest absolute Gasteiger partial charge is 0.258 e. The van der Waals surface area contributed by atoms with Gasteiger partial charge in [0.2, 0.25) is 0 Å². The summed E-state index contributed by atoms with van der Waals surface area (Å²) in [5, 5.41) is 4.94. The van der Waals surface area contributed by atoms with Crippen molar-refractivity contribution in [2.24, 2.45) is 5.92 Å². The molecule has 1 amide bonds. The van der Waals surface area contributed by atoms with Crippen LogP contribution in [0.3, 0.4) is 0 Å². The highest BCUT2D eigenvalue weighted by Crippen LogP contribution is 2.32. The number of amides is 1. The lowest BCUT2D eigenvalue weighted by Gasteiger charge is -2.13. The number of ketones is 1. The van der Waals surface area contributed by atoms with E-state index in [1.54, 1.807) is 13.0 Å². The second-order valence-corrected chi connectivity index (χ2v) is 6.26. The van der Waals surface area contributed by atoms with Gasteiger partial charge in [-0.15, -0.1) is 0 Å². The molecule has 0 spiro atoms. The zero-order chi connectivity index (χ0) is 16.4. The van der Waals surface area contributed by atoms with E-state index in [9.17, 15) is 9.59 Å². The number of hydrogen-bond donors (Lipinski definition) is 1. The minimum Gasteiger partial charge on any atom is -0.484 e. The van der Waals surface area contributed by atoms with Gasteiger partial charge in [0, 0.05) is 11.6 Å². The second-order valence-electron chi connectivity index (χ2n) is 6.26. The molecular formula is C19H21NO3. The van der Waals surface area contributed by atoms with Crippen LogP contribution in [0.25, 0.3) is 10.8 Å². The number of rotatable bonds is 6. The summed E-state index contributed by atoms with van der Waals surface area (Å²) in [7, 11) is 0. The van der Waals surface area contributed by atoms with Crippen molar-refractivity contribution in [3.63, 3.8) is 0 Å². The molecule has 4 nitrogen and oxygen atoms in total. The first-order valence-electron chi connectivity index (χ1n) is 8.00. The monoisotopic (exact) mass is 311 g/mol. The van der Waals surface area contributed by atoms with Gasteiger partial charge in [-0.1, -0.05) is 18.2 Å². The van der Waals surface area contributed by atoms with Crippen molar-refractivity contribution in [3.8, 4) is 5.75 Å². The van der Waals surface area contributed by atoms with Crippen LogP contribution in [0.5, 0.6) is 5.75 Å². The van der Waals surface area contributed by atoms with Crippen molar-refractivity contribution in [1.29, 1.82) is 0 Å². The molecule has 0 aliphatic heterocycles. The fourth-order valence-corrected chi connectivity index (χ4v) is 2.69. The third-order valence-electron chi connectivity index (χ3n) is 4.31. The number of Topliss-reactive ketones (excluding diaryl/α,β-unsaturated/α-hetero) is 1. The molecule has 2 aromatic carbocycles. The summed E-state index contributed by atoms with van der Waals surface area (Å²) in [5.74, 6) is 1.25. The van der Waals surface area contributed by atoms with Gasteiger partial charge in [0.15, 0.2) is 12.4 Å². The Hall–Kier alpha value is -2.36. The van der Waals surface area contributed by atoms with Gasteiger partial charge < -0.3 is 10.1 Å². The summed E-state index contributed by atoms with van der Waals surface area (Å²) in [6, 6.07) is 11.4. The van der Waals surface area contributed by atoms with E-state index in [2.05, 4.69) is 5.32 Å². The summed E-state index contributed by atoms with van der Waals surface area (Å²) in [6.45, 7) is 3.62. The first kappa shape index (κ1) is 15.5. The molecule has 1 saturated carbocycles. The molecule has 1 atom stereocenters. The molecule has 120 valence electrons. The molecule has 0 saturated heterocycles. The second kappa shape index (κ2) is 6.41. The van der Waals surface area contributed by atoms with Gasteiger partial charge in [0.1, 0.15) is 5.75 Å². The average Bonchev–Trinajstić information content (AvgIpc) is 3.37. The number of fused-ring (bicyclic) bond motifs is 1. The molecule has 2 aromatic rings. The Balaban J connectivity index is 1.62. The highest BCUT2D eigenvalue weighted by Gasteiger charge is 2.28. The lowest BCUT2D eigenvalue weighted by molar-refractivity contribution is -0.123. The van der Waals surface area contributed by atoms with Crippen LogP contribution in [0.4, 0.5) is 0 Å². The van der Waals surface area contributed by atoms with Gasteiger partial charge in [0.05, 0.1) is 0 Å². The average molecular weight is 311 g/mol. The zero-order valence-corrected chi connectivity index (χ0v) is 13.5. The van der Waals surface area contributed by atoms with Crippen molar-refractivity contribution in [1.82, 2.24) is 5.32 Å². The lowest BCUT2D eigenvalue weighted by Crippen LogP contribution is -2.37. The van der Waals surface area contributed by atoms with Gasteiger partial charge in [-0.3, -0.25) is 9.59 Å². The molecule has 3 rings (SSSR count). The maximum atomic E-state index is 11.9. The third-order valence-corrected chi connectivity index (χ3v) is 4.31. The summed E-state index contributed by atoms with van der Waals surface area (Å²) >= 11 is 0. The molecule has 0 bridgehead atoms. The first-order chi connectivity index (χ1) is 11.0. The van der Waals surface area contributed by atoms with Gasteiger partial charge in [0.25, 0.3) is 5.91 Å². The lowest BCUT2D eigenvalue weighted by atomic mass is 10.0. The molecule has 1 aliphatic carbocycles. The van der Waals surface area contributed by atoms with Crippen LogP contribution in [0.1, 0.15) is 37.0 Å². The van der Waals surface area contributed by atoms with Gasteiger partial charge in [-0.25, -0.2) is 0 Å². The van der Waals surface area contributed by atoms with E-state index < -0.39 is 0 Å². The number of nitrogens with one attached hydrogen (secondary N) is 1. The molecule has 4 heteroatoms. The van der Waals surface area contributed by atoms with Crippen LogP contribution >= 0.6 is 0 Å². The number of carbonyl (C=O) groups is 2. The highest BCUT2D eigenvalue weighted by molar-refractivity contribution is 5.98. The predicted octanol–water partition coefficient (Wildman–Crippen LogP) is 3.34. The maximum Gasteiger partial charge on any atom is 0.258 e. The Morgan fingerprint density at radius 1 is 1.17 bits per heavy atom. The Kier molecular flexibility index (Phi) is 4.33. The number of carbonyl (C=O) groups excluding carboxylic acids is 2. The summed E-state index contributed by atoms with van der Waals surface area (Å²) in [5.41, 5.74) is 0.694. The van der Waals surface area contributed by atoms with Gasteiger partial charge in [-0.2, -0.15) is 0 Å². The normalized spacial score (nSPS) is 15.2. The molecule has 0 radical (unpaired) electrons.